The lowest BCUT2D eigenvalue weighted by atomic mass is 9.95. The molecule has 1 atom stereocenters. The van der Waals surface area contributed by atoms with Crippen LogP contribution in [0.25, 0.3) is 5.76 Å². The molecule has 0 spiro atoms. The zero-order chi connectivity index (χ0) is 20.7. The van der Waals surface area contributed by atoms with Crippen LogP contribution in [0.2, 0.25) is 0 Å². The number of amides is 1. The van der Waals surface area contributed by atoms with Gasteiger partial charge in [0, 0.05) is 11.8 Å². The average Bonchev–Trinajstić information content (AvgIpc) is 3.36. The number of ether oxygens (including phenoxy) is 2. The second kappa shape index (κ2) is 7.04. The van der Waals surface area contributed by atoms with Crippen molar-refractivity contribution >= 4 is 23.1 Å². The van der Waals surface area contributed by atoms with Gasteiger partial charge in [0.15, 0.2) is 11.5 Å². The summed E-state index contributed by atoms with van der Waals surface area (Å²) in [5, 5.41) is 11.0. The highest BCUT2D eigenvalue weighted by atomic mass is 16.7. The fraction of sp³-hybridized carbons (Fsp3) is 0.0870. The van der Waals surface area contributed by atoms with Gasteiger partial charge in [-0.25, -0.2) is 0 Å². The van der Waals surface area contributed by atoms with E-state index in [0.29, 0.717) is 28.3 Å². The van der Waals surface area contributed by atoms with E-state index in [2.05, 4.69) is 4.98 Å². The van der Waals surface area contributed by atoms with E-state index in [-0.39, 0.29) is 18.1 Å². The van der Waals surface area contributed by atoms with Crippen LogP contribution in [0, 0.1) is 0 Å². The Kier molecular flexibility index (Phi) is 4.21. The number of Topliss-reactive ketones (excluding diaryl/α,β-unsaturated/α-hetero) is 1. The van der Waals surface area contributed by atoms with Crippen LogP contribution in [0.4, 0.5) is 5.69 Å². The summed E-state index contributed by atoms with van der Waals surface area (Å²) in [6.07, 6.45) is 3.09. The highest BCUT2D eigenvalue weighted by Gasteiger charge is 2.47. The summed E-state index contributed by atoms with van der Waals surface area (Å²) in [7, 11) is 0. The van der Waals surface area contributed by atoms with E-state index in [0.717, 1.165) is 0 Å². The van der Waals surface area contributed by atoms with E-state index in [1.54, 1.807) is 66.9 Å². The first-order valence-corrected chi connectivity index (χ1v) is 9.31. The van der Waals surface area contributed by atoms with Gasteiger partial charge in [-0.05, 0) is 29.8 Å². The number of aromatic nitrogens is 1. The Balaban J connectivity index is 1.73. The van der Waals surface area contributed by atoms with Crippen molar-refractivity contribution in [3.05, 3.63) is 89.8 Å². The van der Waals surface area contributed by atoms with Gasteiger partial charge >= 0.3 is 0 Å². The molecule has 30 heavy (non-hydrogen) atoms. The van der Waals surface area contributed by atoms with E-state index in [1.165, 1.54) is 11.1 Å². The van der Waals surface area contributed by atoms with Crippen molar-refractivity contribution in [2.75, 3.05) is 11.7 Å². The van der Waals surface area contributed by atoms with Gasteiger partial charge in [-0.3, -0.25) is 19.5 Å². The molecule has 1 amide bonds. The predicted molar refractivity (Wildman–Crippen MR) is 108 cm³/mol. The summed E-state index contributed by atoms with van der Waals surface area (Å²) in [6, 6.07) is 16.4. The molecule has 0 bridgehead atoms. The van der Waals surface area contributed by atoms with Gasteiger partial charge < -0.3 is 14.6 Å². The number of fused-ring (bicyclic) bond motifs is 1. The minimum absolute atomic E-state index is 0.00826. The van der Waals surface area contributed by atoms with Crippen molar-refractivity contribution in [2.24, 2.45) is 0 Å². The summed E-state index contributed by atoms with van der Waals surface area (Å²) in [5.41, 5.74) is 1.52. The quantitative estimate of drug-likeness (QED) is 0.412. The number of aliphatic hydroxyl groups excluding tert-OH is 1. The number of ketones is 1. The molecule has 3 aromatic rings. The van der Waals surface area contributed by atoms with Gasteiger partial charge in [-0.15, -0.1) is 0 Å². The second-order valence-electron chi connectivity index (χ2n) is 6.86. The van der Waals surface area contributed by atoms with Gasteiger partial charge in [0.25, 0.3) is 11.7 Å². The molecule has 1 saturated heterocycles. The summed E-state index contributed by atoms with van der Waals surface area (Å²) in [4.78, 5) is 31.5. The number of carbonyl (C=O) groups excluding carboxylic acids is 2. The molecule has 2 aliphatic heterocycles. The minimum Gasteiger partial charge on any atom is -0.507 e. The topological polar surface area (TPSA) is 89.0 Å². The Hall–Kier alpha value is -4.13. The molecule has 3 heterocycles. The normalized spacial score (nSPS) is 19.3. The predicted octanol–water partition coefficient (Wildman–Crippen LogP) is 3.44. The van der Waals surface area contributed by atoms with Crippen LogP contribution >= 0.6 is 0 Å². The fourth-order valence-corrected chi connectivity index (χ4v) is 3.75. The lowest BCUT2D eigenvalue weighted by molar-refractivity contribution is -0.132. The number of benzene rings is 2. The van der Waals surface area contributed by atoms with Crippen molar-refractivity contribution in [2.45, 2.75) is 6.04 Å². The zero-order valence-corrected chi connectivity index (χ0v) is 15.7. The van der Waals surface area contributed by atoms with E-state index < -0.39 is 17.7 Å². The van der Waals surface area contributed by atoms with E-state index in [4.69, 9.17) is 9.47 Å². The molecule has 148 valence electrons. The number of nitrogens with zero attached hydrogens (tertiary/aromatic N) is 2. The number of rotatable bonds is 3. The number of aliphatic hydroxyl groups is 1. The Labute approximate surface area is 171 Å². The maximum Gasteiger partial charge on any atom is 0.300 e. The van der Waals surface area contributed by atoms with Crippen molar-refractivity contribution in [1.29, 1.82) is 0 Å². The molecule has 5 rings (SSSR count). The molecular weight excluding hydrogens is 384 g/mol. The lowest BCUT2D eigenvalue weighted by Gasteiger charge is -2.25. The van der Waals surface area contributed by atoms with Crippen LogP contribution < -0.4 is 14.4 Å². The molecule has 1 N–H and O–H groups in total. The van der Waals surface area contributed by atoms with Crippen LogP contribution in [-0.2, 0) is 9.59 Å². The first-order valence-electron chi connectivity index (χ1n) is 9.31. The molecule has 7 nitrogen and oxygen atoms in total. The molecule has 1 aromatic heterocycles. The summed E-state index contributed by atoms with van der Waals surface area (Å²) in [6.45, 7) is 0.103. The summed E-state index contributed by atoms with van der Waals surface area (Å²) >= 11 is 0. The molecule has 0 aliphatic carbocycles. The molecular formula is C23H16N2O5. The zero-order valence-electron chi connectivity index (χ0n) is 15.7. The maximum absolute atomic E-state index is 13.0. The van der Waals surface area contributed by atoms with Crippen LogP contribution in [0.3, 0.4) is 0 Å². The molecule has 0 saturated carbocycles. The van der Waals surface area contributed by atoms with E-state index in [9.17, 15) is 14.7 Å². The molecule has 0 radical (unpaired) electrons. The molecule has 2 aromatic carbocycles. The molecule has 1 unspecified atom stereocenters. The van der Waals surface area contributed by atoms with Gasteiger partial charge in [0.2, 0.25) is 6.79 Å². The fourth-order valence-electron chi connectivity index (χ4n) is 3.75. The number of carbonyl (C=O) groups is 2. The van der Waals surface area contributed by atoms with Crippen molar-refractivity contribution in [3.8, 4) is 11.5 Å². The second-order valence-corrected chi connectivity index (χ2v) is 6.86. The van der Waals surface area contributed by atoms with Crippen LogP contribution in [-0.4, -0.2) is 28.6 Å². The monoisotopic (exact) mass is 400 g/mol. The van der Waals surface area contributed by atoms with Gasteiger partial charge in [0.1, 0.15) is 5.76 Å². The van der Waals surface area contributed by atoms with Gasteiger partial charge in [-0.2, -0.15) is 0 Å². The largest absolute Gasteiger partial charge is 0.507 e. The summed E-state index contributed by atoms with van der Waals surface area (Å²) < 4.78 is 10.8. The first kappa shape index (κ1) is 17.9. The van der Waals surface area contributed by atoms with Gasteiger partial charge in [0.05, 0.1) is 23.5 Å². The van der Waals surface area contributed by atoms with E-state index in [1.807, 2.05) is 0 Å². The number of hydrogen-bond acceptors (Lipinski definition) is 6. The SMILES string of the molecule is O=C1C(=O)N(c2cccnc2)C(c2ccc3c(c2)OCO3)/C1=C(/O)c1ccccc1. The third-order valence-electron chi connectivity index (χ3n) is 5.13. The molecule has 7 heteroatoms. The van der Waals surface area contributed by atoms with Crippen LogP contribution in [0.1, 0.15) is 17.2 Å². The first-order chi connectivity index (χ1) is 14.6. The Morgan fingerprint density at radius 1 is 1.00 bits per heavy atom. The van der Waals surface area contributed by atoms with Crippen LogP contribution in [0.5, 0.6) is 11.5 Å². The third kappa shape index (κ3) is 2.79. The van der Waals surface area contributed by atoms with Crippen molar-refractivity contribution in [3.63, 3.8) is 0 Å². The highest BCUT2D eigenvalue weighted by Crippen LogP contribution is 2.44. The highest BCUT2D eigenvalue weighted by molar-refractivity contribution is 6.51. The lowest BCUT2D eigenvalue weighted by Crippen LogP contribution is -2.29. The van der Waals surface area contributed by atoms with Crippen molar-refractivity contribution in [1.82, 2.24) is 4.98 Å². The molecule has 1 fully saturated rings. The third-order valence-corrected chi connectivity index (χ3v) is 5.13. The Bertz CT molecular complexity index is 1170. The van der Waals surface area contributed by atoms with Crippen molar-refractivity contribution < 1.29 is 24.2 Å². The molecule has 2 aliphatic rings. The smallest absolute Gasteiger partial charge is 0.300 e. The maximum atomic E-state index is 13.0. The van der Waals surface area contributed by atoms with E-state index >= 15 is 0 Å². The number of pyridine rings is 1. The Morgan fingerprint density at radius 2 is 1.80 bits per heavy atom. The number of hydrogen-bond donors (Lipinski definition) is 1. The Morgan fingerprint density at radius 3 is 2.57 bits per heavy atom. The standard InChI is InChI=1S/C23H16N2O5/c26-21(14-5-2-1-3-6-14)19-20(15-8-9-17-18(11-15)30-13-29-17)25(23(28)22(19)27)16-7-4-10-24-12-16/h1-12,20,26H,13H2/b21-19-. The minimum atomic E-state index is -0.844. The average molecular weight is 400 g/mol. The van der Waals surface area contributed by atoms with Crippen LogP contribution in [0.15, 0.2) is 78.6 Å². The van der Waals surface area contributed by atoms with Gasteiger partial charge in [-0.1, -0.05) is 36.4 Å². The summed E-state index contributed by atoms with van der Waals surface area (Å²) in [5.74, 6) is -0.627. The number of anilines is 1.